The Morgan fingerprint density at radius 3 is 1.26 bits per heavy atom. The van der Waals surface area contributed by atoms with Crippen LogP contribution in [0.4, 0.5) is 5.69 Å². The lowest BCUT2D eigenvalue weighted by molar-refractivity contribution is 0.598. The van der Waals surface area contributed by atoms with Crippen LogP contribution in [0, 0.1) is 68.0 Å². The highest BCUT2D eigenvalue weighted by atomic mass is 16.4. The summed E-state index contributed by atoms with van der Waals surface area (Å²) in [7, 11) is 0. The van der Waals surface area contributed by atoms with Crippen LogP contribution in [0.2, 0.25) is 0 Å². The lowest BCUT2D eigenvalue weighted by Crippen LogP contribution is -2.00. The molecule has 0 aliphatic rings. The molecule has 0 aliphatic heterocycles. The Kier molecular flexibility index (Phi) is 7.32. The van der Waals surface area contributed by atoms with E-state index in [0.29, 0.717) is 27.8 Å². The quantitative estimate of drug-likeness (QED) is 0.158. The van der Waals surface area contributed by atoms with E-state index in [4.69, 9.17) is 18.5 Å². The number of hydrogen-bond acceptors (Lipinski definition) is 20. The van der Waals surface area contributed by atoms with Crippen molar-refractivity contribution >= 4 is 66.8 Å². The number of benzene rings is 3. The molecule has 0 atom stereocenters. The second kappa shape index (κ2) is 12.7. The number of oxazole rings is 3. The Hall–Kier alpha value is -9.89. The van der Waals surface area contributed by atoms with Crippen LogP contribution in [0.15, 0.2) is 72.9 Å². The van der Waals surface area contributed by atoms with Gasteiger partial charge in [-0.2, -0.15) is 46.5 Å². The van der Waals surface area contributed by atoms with Gasteiger partial charge >= 0.3 is 0 Å². The van der Waals surface area contributed by atoms with E-state index in [1.54, 1.807) is 18.2 Å². The van der Waals surface area contributed by atoms with Crippen LogP contribution < -0.4 is 0 Å². The fourth-order valence-electron chi connectivity index (χ4n) is 5.55. The van der Waals surface area contributed by atoms with Crippen molar-refractivity contribution < 1.29 is 13.3 Å². The summed E-state index contributed by atoms with van der Waals surface area (Å²) < 4.78 is 18.1. The number of allylic oxidation sites excluding steroid dienone is 1. The Balaban J connectivity index is 1.21. The molecule has 0 spiro atoms. The zero-order valence-electron chi connectivity index (χ0n) is 28.1. The third-order valence-electron chi connectivity index (χ3n) is 8.12. The molecule has 6 heterocycles. The zero-order valence-corrected chi connectivity index (χ0v) is 28.1. The standard InChI is InChI=1S/C37H9N17O3/c1-15(9-38)24(10-39)44-16-2-3-29-21(4-16)49-35(55-29)32-52-33(36-50-22-5-17-19(7-30(22)56-36)47-27(13-42)25(11-40)45-17)54-34(53-32)37-51-23-6-18-20(8-31(23)57-37)48-28(14-43)26(12-41)46-18/h2-8H,1H2/b44-24-. The van der Waals surface area contributed by atoms with Gasteiger partial charge in [0.15, 0.2) is 45.2 Å². The summed E-state index contributed by atoms with van der Waals surface area (Å²) >= 11 is 0. The molecule has 0 radical (unpaired) electrons. The Morgan fingerprint density at radius 1 is 0.456 bits per heavy atom. The van der Waals surface area contributed by atoms with Crippen LogP contribution >= 0.6 is 0 Å². The van der Waals surface area contributed by atoms with E-state index in [1.807, 2.05) is 30.3 Å². The molecular weight excluding hydrogens is 731 g/mol. The second-order valence-electron chi connectivity index (χ2n) is 11.6. The number of aliphatic imine (C=N–C) groups is 1. The molecule has 0 fully saturated rings. The molecule has 9 aromatic rings. The zero-order chi connectivity index (χ0) is 39.4. The summed E-state index contributed by atoms with van der Waals surface area (Å²) in [5.74, 6) is -0.590. The molecule has 0 saturated carbocycles. The van der Waals surface area contributed by atoms with Crippen molar-refractivity contribution in [2.45, 2.75) is 0 Å². The van der Waals surface area contributed by atoms with Crippen molar-refractivity contribution in [1.29, 1.82) is 31.6 Å². The molecule has 6 aromatic heterocycles. The molecule has 20 heteroatoms. The summed E-state index contributed by atoms with van der Waals surface area (Å²) in [6.45, 7) is 3.54. The lowest BCUT2D eigenvalue weighted by Gasteiger charge is -2.01. The first-order valence-electron chi connectivity index (χ1n) is 15.9. The van der Waals surface area contributed by atoms with Gasteiger partial charge in [0.2, 0.25) is 17.5 Å². The smallest absolute Gasteiger partial charge is 0.266 e. The van der Waals surface area contributed by atoms with Crippen LogP contribution in [0.25, 0.3) is 90.5 Å². The number of rotatable bonds is 5. The minimum atomic E-state index is -0.171. The van der Waals surface area contributed by atoms with Gasteiger partial charge in [-0.05, 0) is 30.3 Å². The summed E-state index contributed by atoms with van der Waals surface area (Å²) in [6.07, 6.45) is 0. The van der Waals surface area contributed by atoms with E-state index in [1.165, 1.54) is 30.3 Å². The predicted octanol–water partition coefficient (Wildman–Crippen LogP) is 5.35. The van der Waals surface area contributed by atoms with Crippen LogP contribution in [-0.2, 0) is 0 Å². The molecule has 3 aromatic carbocycles. The van der Waals surface area contributed by atoms with Crippen molar-refractivity contribution in [3.8, 4) is 71.6 Å². The normalized spacial score (nSPS) is 11.2. The number of aromatic nitrogens is 10. The first kappa shape index (κ1) is 33.0. The highest BCUT2D eigenvalue weighted by Crippen LogP contribution is 2.32. The average Bonchev–Trinajstić information content (AvgIpc) is 3.98. The van der Waals surface area contributed by atoms with E-state index in [-0.39, 0.29) is 102 Å². The van der Waals surface area contributed by atoms with Crippen LogP contribution in [0.5, 0.6) is 0 Å². The van der Waals surface area contributed by atoms with E-state index in [9.17, 15) is 26.3 Å². The third-order valence-corrected chi connectivity index (χ3v) is 8.12. The summed E-state index contributed by atoms with van der Waals surface area (Å²) in [6, 6.07) is 21.8. The van der Waals surface area contributed by atoms with Crippen LogP contribution in [-0.4, -0.2) is 55.6 Å². The Bertz CT molecular complexity index is 3280. The molecule has 0 unspecified atom stereocenters. The van der Waals surface area contributed by atoms with Gasteiger partial charge in [0.25, 0.3) is 17.7 Å². The molecule has 9 rings (SSSR count). The van der Waals surface area contributed by atoms with Crippen LogP contribution in [0.1, 0.15) is 22.8 Å². The summed E-state index contributed by atoms with van der Waals surface area (Å²) in [5, 5.41) is 56.4. The molecule has 0 aliphatic carbocycles. The SMILES string of the molecule is C=C(C#N)/C(C#N)=N\c1ccc2oc(-c3nc(-c4nc5cc6nc(C#N)c(C#N)nc6cc5o4)nc(-c4nc5cc6nc(C#N)c(C#N)nc6cc5o4)n3)nc2c1. The predicted molar refractivity (Wildman–Crippen MR) is 191 cm³/mol. The van der Waals surface area contributed by atoms with Crippen molar-refractivity contribution in [2.75, 3.05) is 0 Å². The fourth-order valence-corrected chi connectivity index (χ4v) is 5.55. The minimum Gasteiger partial charge on any atom is -0.434 e. The monoisotopic (exact) mass is 739 g/mol. The Labute approximate surface area is 314 Å². The molecule has 0 saturated heterocycles. The Morgan fingerprint density at radius 2 is 0.860 bits per heavy atom. The molecule has 57 heavy (non-hydrogen) atoms. The summed E-state index contributed by atoms with van der Waals surface area (Å²) in [4.78, 5) is 48.4. The highest BCUT2D eigenvalue weighted by Gasteiger charge is 2.24. The van der Waals surface area contributed by atoms with Gasteiger partial charge in [-0.1, -0.05) is 6.58 Å². The molecule has 260 valence electrons. The van der Waals surface area contributed by atoms with Gasteiger partial charge in [0.1, 0.15) is 53.0 Å². The number of nitrogens with zero attached hydrogens (tertiary/aromatic N) is 17. The maximum absolute atomic E-state index is 9.44. The van der Waals surface area contributed by atoms with E-state index in [0.717, 1.165) is 0 Å². The first-order chi connectivity index (χ1) is 27.8. The van der Waals surface area contributed by atoms with Gasteiger partial charge in [-0.3, -0.25) is 0 Å². The van der Waals surface area contributed by atoms with E-state index < -0.39 is 0 Å². The third kappa shape index (κ3) is 5.55. The van der Waals surface area contributed by atoms with E-state index >= 15 is 0 Å². The second-order valence-corrected chi connectivity index (χ2v) is 11.6. The van der Waals surface area contributed by atoms with Gasteiger partial charge in [0, 0.05) is 12.1 Å². The molecule has 0 amide bonds. The number of nitriles is 6. The maximum Gasteiger partial charge on any atom is 0.266 e. The van der Waals surface area contributed by atoms with Gasteiger partial charge in [-0.25, -0.2) is 39.9 Å². The molecule has 0 bridgehead atoms. The molecule has 0 N–H and O–H groups in total. The van der Waals surface area contributed by atoms with Crippen molar-refractivity contribution in [1.82, 2.24) is 49.8 Å². The van der Waals surface area contributed by atoms with Gasteiger partial charge in [-0.15, -0.1) is 0 Å². The number of hydrogen-bond donors (Lipinski definition) is 0. The van der Waals surface area contributed by atoms with Crippen molar-refractivity contribution in [3.63, 3.8) is 0 Å². The highest BCUT2D eigenvalue weighted by molar-refractivity contribution is 6.14. The van der Waals surface area contributed by atoms with Gasteiger partial charge in [0.05, 0.1) is 33.3 Å². The average molecular weight is 740 g/mol. The number of fused-ring (bicyclic) bond motifs is 5. The van der Waals surface area contributed by atoms with Crippen molar-refractivity contribution in [2.24, 2.45) is 4.99 Å². The lowest BCUT2D eigenvalue weighted by atomic mass is 10.2. The fraction of sp³-hybridized carbons (Fsp3) is 0. The van der Waals surface area contributed by atoms with Crippen molar-refractivity contribution in [3.05, 3.63) is 77.4 Å². The van der Waals surface area contributed by atoms with E-state index in [2.05, 4.69) is 61.4 Å². The first-order valence-corrected chi connectivity index (χ1v) is 15.9. The molecular formula is C37H9N17O3. The topological polar surface area (TPSA) is 323 Å². The van der Waals surface area contributed by atoms with Gasteiger partial charge < -0.3 is 13.3 Å². The summed E-state index contributed by atoms with van der Waals surface area (Å²) in [5.41, 5.74) is 2.21. The molecule has 20 nitrogen and oxygen atoms in total. The maximum atomic E-state index is 9.44. The largest absolute Gasteiger partial charge is 0.434 e. The van der Waals surface area contributed by atoms with Crippen LogP contribution in [0.3, 0.4) is 0 Å². The minimum absolute atomic E-state index is 0.0791.